The van der Waals surface area contributed by atoms with Crippen molar-refractivity contribution in [2.75, 3.05) is 13.1 Å². The van der Waals surface area contributed by atoms with Gasteiger partial charge in [0, 0.05) is 37.8 Å². The van der Waals surface area contributed by atoms with Crippen molar-refractivity contribution in [3.8, 4) is 0 Å². The molecule has 0 saturated carbocycles. The van der Waals surface area contributed by atoms with E-state index in [1.807, 2.05) is 35.4 Å². The molecule has 1 fully saturated rings. The molecule has 0 radical (unpaired) electrons. The molecule has 0 spiro atoms. The maximum Gasteiger partial charge on any atom is 0.244 e. The van der Waals surface area contributed by atoms with E-state index in [2.05, 4.69) is 40.2 Å². The lowest BCUT2D eigenvalue weighted by Gasteiger charge is -2.42. The van der Waals surface area contributed by atoms with Crippen LogP contribution in [0.4, 0.5) is 0 Å². The number of nitrogens with one attached hydrogen (secondary N) is 1. The van der Waals surface area contributed by atoms with Gasteiger partial charge in [-0.1, -0.05) is 36.4 Å². The largest absolute Gasteiger partial charge is 0.345 e. The van der Waals surface area contributed by atoms with Gasteiger partial charge in [-0.2, -0.15) is 0 Å². The standard InChI is InChI=1S/C23H26N4O2/c1-17(24-18(2)28)22(29)26-14-11-23(12-15-26,19-8-4-3-5-9-19)20-16-27-13-7-6-10-21(27)25-20/h3-10,13,16-17H,11-12,14-15H2,1-2H3,(H,24,28). The number of piperidine rings is 1. The maximum atomic E-state index is 12.7. The fraction of sp³-hybridized carbons (Fsp3) is 0.348. The van der Waals surface area contributed by atoms with Gasteiger partial charge in [-0.25, -0.2) is 4.98 Å². The first-order chi connectivity index (χ1) is 14.0. The van der Waals surface area contributed by atoms with Crippen molar-refractivity contribution in [3.05, 3.63) is 72.2 Å². The first kappa shape index (κ1) is 19.2. The van der Waals surface area contributed by atoms with Gasteiger partial charge in [0.05, 0.1) is 5.69 Å². The van der Waals surface area contributed by atoms with E-state index in [1.54, 1.807) is 6.92 Å². The van der Waals surface area contributed by atoms with Gasteiger partial charge in [0.15, 0.2) is 0 Å². The Morgan fingerprint density at radius 3 is 2.41 bits per heavy atom. The van der Waals surface area contributed by atoms with Gasteiger partial charge in [0.2, 0.25) is 11.8 Å². The molecule has 29 heavy (non-hydrogen) atoms. The number of hydrogen-bond acceptors (Lipinski definition) is 3. The van der Waals surface area contributed by atoms with Crippen LogP contribution in [-0.2, 0) is 15.0 Å². The summed E-state index contributed by atoms with van der Waals surface area (Å²) >= 11 is 0. The van der Waals surface area contributed by atoms with Crippen molar-refractivity contribution in [2.24, 2.45) is 0 Å². The summed E-state index contributed by atoms with van der Waals surface area (Å²) < 4.78 is 2.05. The van der Waals surface area contributed by atoms with Gasteiger partial charge in [-0.15, -0.1) is 0 Å². The normalized spacial score (nSPS) is 17.1. The number of likely N-dealkylation sites (tertiary alicyclic amines) is 1. The highest BCUT2D eigenvalue weighted by atomic mass is 16.2. The molecule has 1 aliphatic rings. The number of fused-ring (bicyclic) bond motifs is 1. The van der Waals surface area contributed by atoms with E-state index >= 15 is 0 Å². The molecule has 1 saturated heterocycles. The predicted octanol–water partition coefficient (Wildman–Crippen LogP) is 2.77. The number of rotatable bonds is 4. The Morgan fingerprint density at radius 2 is 1.76 bits per heavy atom. The fourth-order valence-electron chi connectivity index (χ4n) is 4.36. The fourth-order valence-corrected chi connectivity index (χ4v) is 4.36. The van der Waals surface area contributed by atoms with E-state index in [0.717, 1.165) is 24.2 Å². The van der Waals surface area contributed by atoms with E-state index < -0.39 is 6.04 Å². The Kier molecular flexibility index (Phi) is 5.09. The van der Waals surface area contributed by atoms with Gasteiger partial charge in [-0.05, 0) is 37.5 Å². The quantitative estimate of drug-likeness (QED) is 0.745. The zero-order chi connectivity index (χ0) is 20.4. The van der Waals surface area contributed by atoms with Crippen LogP contribution in [0.1, 0.15) is 37.9 Å². The number of hydrogen-bond donors (Lipinski definition) is 1. The summed E-state index contributed by atoms with van der Waals surface area (Å²) in [6, 6.07) is 15.9. The Balaban J connectivity index is 1.64. The molecule has 3 aromatic rings. The molecular formula is C23H26N4O2. The molecule has 1 aromatic carbocycles. The number of aromatic nitrogens is 2. The monoisotopic (exact) mass is 390 g/mol. The van der Waals surface area contributed by atoms with Crippen molar-refractivity contribution in [3.63, 3.8) is 0 Å². The van der Waals surface area contributed by atoms with E-state index in [4.69, 9.17) is 4.98 Å². The molecular weight excluding hydrogens is 364 g/mol. The number of imidazole rings is 1. The number of amides is 2. The van der Waals surface area contributed by atoms with Crippen LogP contribution in [0.15, 0.2) is 60.9 Å². The van der Waals surface area contributed by atoms with Crippen molar-refractivity contribution in [1.82, 2.24) is 19.6 Å². The average molecular weight is 390 g/mol. The van der Waals surface area contributed by atoms with E-state index in [-0.39, 0.29) is 17.2 Å². The molecule has 1 N–H and O–H groups in total. The van der Waals surface area contributed by atoms with Crippen LogP contribution in [0.3, 0.4) is 0 Å². The molecule has 150 valence electrons. The number of benzene rings is 1. The minimum absolute atomic E-state index is 0.0307. The second-order valence-electron chi connectivity index (χ2n) is 7.79. The summed E-state index contributed by atoms with van der Waals surface area (Å²) in [7, 11) is 0. The SMILES string of the molecule is CC(=O)NC(C)C(=O)N1CCC(c2ccccc2)(c2cn3ccccc3n2)CC1. The first-order valence-electron chi connectivity index (χ1n) is 10.1. The molecule has 3 heterocycles. The van der Waals surface area contributed by atoms with Gasteiger partial charge in [0.25, 0.3) is 0 Å². The smallest absolute Gasteiger partial charge is 0.244 e. The molecule has 6 nitrogen and oxygen atoms in total. The van der Waals surface area contributed by atoms with Gasteiger partial charge < -0.3 is 14.6 Å². The first-order valence-corrected chi connectivity index (χ1v) is 10.1. The lowest BCUT2D eigenvalue weighted by atomic mass is 9.70. The van der Waals surface area contributed by atoms with Crippen LogP contribution >= 0.6 is 0 Å². The molecule has 1 unspecified atom stereocenters. The molecule has 6 heteroatoms. The number of carbonyl (C=O) groups is 2. The molecule has 0 aliphatic carbocycles. The minimum atomic E-state index is -0.507. The van der Waals surface area contributed by atoms with E-state index in [1.165, 1.54) is 12.5 Å². The van der Waals surface area contributed by atoms with E-state index in [0.29, 0.717) is 13.1 Å². The summed E-state index contributed by atoms with van der Waals surface area (Å²) in [5.41, 5.74) is 2.96. The van der Waals surface area contributed by atoms with Crippen molar-refractivity contribution < 1.29 is 9.59 Å². The third-order valence-corrected chi connectivity index (χ3v) is 5.90. The summed E-state index contributed by atoms with van der Waals surface area (Å²) in [4.78, 5) is 30.8. The zero-order valence-corrected chi connectivity index (χ0v) is 16.8. The summed E-state index contributed by atoms with van der Waals surface area (Å²) in [6.07, 6.45) is 5.71. The Hall–Kier alpha value is -3.15. The predicted molar refractivity (Wildman–Crippen MR) is 112 cm³/mol. The third-order valence-electron chi connectivity index (χ3n) is 5.90. The third kappa shape index (κ3) is 3.62. The molecule has 2 amide bonds. The summed E-state index contributed by atoms with van der Waals surface area (Å²) in [5, 5.41) is 2.70. The lowest BCUT2D eigenvalue weighted by molar-refractivity contribution is -0.136. The zero-order valence-electron chi connectivity index (χ0n) is 16.8. The van der Waals surface area contributed by atoms with Crippen molar-refractivity contribution >= 4 is 17.5 Å². The molecule has 1 atom stereocenters. The van der Waals surface area contributed by atoms with Crippen LogP contribution in [0.5, 0.6) is 0 Å². The highest BCUT2D eigenvalue weighted by molar-refractivity contribution is 5.86. The Labute approximate surface area is 170 Å². The second kappa shape index (κ2) is 7.70. The van der Waals surface area contributed by atoms with E-state index in [9.17, 15) is 9.59 Å². The van der Waals surface area contributed by atoms with Crippen LogP contribution < -0.4 is 5.32 Å². The Bertz CT molecular complexity index is 987. The van der Waals surface area contributed by atoms with Crippen LogP contribution in [-0.4, -0.2) is 45.2 Å². The maximum absolute atomic E-state index is 12.7. The molecule has 1 aliphatic heterocycles. The topological polar surface area (TPSA) is 66.7 Å². The number of carbonyl (C=O) groups excluding carboxylic acids is 2. The molecule has 4 rings (SSSR count). The van der Waals surface area contributed by atoms with Gasteiger partial charge in [-0.3, -0.25) is 9.59 Å². The highest BCUT2D eigenvalue weighted by Gasteiger charge is 2.41. The van der Waals surface area contributed by atoms with Gasteiger partial charge in [0.1, 0.15) is 11.7 Å². The molecule has 0 bridgehead atoms. The number of nitrogens with zero attached hydrogens (tertiary/aromatic N) is 3. The average Bonchev–Trinajstić information content (AvgIpc) is 3.18. The van der Waals surface area contributed by atoms with Crippen LogP contribution in [0.25, 0.3) is 5.65 Å². The summed E-state index contributed by atoms with van der Waals surface area (Å²) in [6.45, 7) is 4.44. The van der Waals surface area contributed by atoms with Crippen LogP contribution in [0.2, 0.25) is 0 Å². The van der Waals surface area contributed by atoms with Gasteiger partial charge >= 0.3 is 0 Å². The van der Waals surface area contributed by atoms with Crippen LogP contribution in [0, 0.1) is 0 Å². The molecule has 2 aromatic heterocycles. The number of pyridine rings is 1. The minimum Gasteiger partial charge on any atom is -0.345 e. The van der Waals surface area contributed by atoms with Crippen molar-refractivity contribution in [1.29, 1.82) is 0 Å². The van der Waals surface area contributed by atoms with Crippen molar-refractivity contribution in [2.45, 2.75) is 38.1 Å². The Morgan fingerprint density at radius 1 is 1.07 bits per heavy atom. The highest BCUT2D eigenvalue weighted by Crippen LogP contribution is 2.41. The summed E-state index contributed by atoms with van der Waals surface area (Å²) in [5.74, 6) is -0.219. The lowest BCUT2D eigenvalue weighted by Crippen LogP contribution is -2.51. The second-order valence-corrected chi connectivity index (χ2v) is 7.79.